The molecule has 0 radical (unpaired) electrons. The second-order valence-corrected chi connectivity index (χ2v) is 4.12. The molecule has 3 N–H and O–H groups in total. The lowest BCUT2D eigenvalue weighted by Crippen LogP contribution is -2.05. The average Bonchev–Trinajstić information content (AvgIpc) is 2.50. The third kappa shape index (κ3) is 0.894. The van der Waals surface area contributed by atoms with Crippen LogP contribution in [0.15, 0.2) is 12.4 Å². The number of nitrogens with zero attached hydrogens (tertiary/aromatic N) is 1. The Morgan fingerprint density at radius 3 is 2.83 bits per heavy atom. The number of nitrogens with one attached hydrogen (secondary N) is 1. The number of rotatable bonds is 2. The Morgan fingerprint density at radius 2 is 2.42 bits per heavy atom. The molecule has 0 bridgehead atoms. The zero-order valence-corrected chi connectivity index (χ0v) is 7.54. The van der Waals surface area contributed by atoms with Crippen LogP contribution in [-0.2, 0) is 0 Å². The van der Waals surface area contributed by atoms with Gasteiger partial charge in [0.2, 0.25) is 0 Å². The zero-order valence-electron chi connectivity index (χ0n) is 7.54. The molecule has 0 amide bonds. The van der Waals surface area contributed by atoms with Crippen LogP contribution in [0.3, 0.4) is 0 Å². The van der Waals surface area contributed by atoms with Crippen molar-refractivity contribution in [2.24, 2.45) is 17.1 Å². The fraction of sp³-hybridized carbons (Fsp3) is 0.667. The number of hydrogen-bond acceptors (Lipinski definition) is 2. The molecule has 1 saturated carbocycles. The van der Waals surface area contributed by atoms with Gasteiger partial charge >= 0.3 is 0 Å². The van der Waals surface area contributed by atoms with E-state index in [1.54, 1.807) is 6.20 Å². The van der Waals surface area contributed by atoms with E-state index in [9.17, 15) is 0 Å². The first-order valence-electron chi connectivity index (χ1n) is 4.37. The Hall–Kier alpha value is -0.830. The summed E-state index contributed by atoms with van der Waals surface area (Å²) in [6.45, 7) is 5.26. The van der Waals surface area contributed by atoms with Crippen molar-refractivity contribution in [3.05, 3.63) is 18.2 Å². The van der Waals surface area contributed by atoms with Crippen molar-refractivity contribution in [2.45, 2.75) is 19.8 Å². The van der Waals surface area contributed by atoms with Crippen molar-refractivity contribution in [3.63, 3.8) is 0 Å². The highest BCUT2D eigenvalue weighted by Gasteiger charge is 2.58. The number of nitrogens with two attached hydrogens (primary N) is 1. The third-order valence-electron chi connectivity index (χ3n) is 3.12. The molecule has 0 spiro atoms. The number of aromatic amines is 1. The van der Waals surface area contributed by atoms with Gasteiger partial charge in [-0.05, 0) is 17.9 Å². The number of hydrogen-bond donors (Lipinski definition) is 2. The largest absolute Gasteiger partial charge is 0.348 e. The normalized spacial score (nSPS) is 31.9. The molecule has 0 aliphatic heterocycles. The average molecular weight is 165 g/mol. The summed E-state index contributed by atoms with van der Waals surface area (Å²) in [5.41, 5.74) is 6.00. The minimum Gasteiger partial charge on any atom is -0.348 e. The molecule has 1 aromatic rings. The maximum Gasteiger partial charge on any atom is 0.110 e. The lowest BCUT2D eigenvalue weighted by Gasteiger charge is -1.98. The van der Waals surface area contributed by atoms with Crippen molar-refractivity contribution in [1.29, 1.82) is 0 Å². The third-order valence-corrected chi connectivity index (χ3v) is 3.12. The molecule has 0 saturated heterocycles. The topological polar surface area (TPSA) is 54.7 Å². The molecule has 1 aliphatic rings. The summed E-state index contributed by atoms with van der Waals surface area (Å²) in [7, 11) is 0. The standard InChI is InChI=1S/C9H15N3/c1-9(2)6(5-10)7(9)8-11-3-4-12-8/h3-4,6-7H,5,10H2,1-2H3,(H,11,12)/t6-,7+/m0/s1. The number of H-pyrrole nitrogens is 1. The zero-order chi connectivity index (χ0) is 8.77. The molecular weight excluding hydrogens is 150 g/mol. The van der Waals surface area contributed by atoms with Crippen molar-refractivity contribution < 1.29 is 0 Å². The maximum absolute atomic E-state index is 5.66. The lowest BCUT2D eigenvalue weighted by atomic mass is 10.1. The fourth-order valence-corrected chi connectivity index (χ4v) is 2.17. The van der Waals surface area contributed by atoms with Crippen LogP contribution in [0, 0.1) is 11.3 Å². The van der Waals surface area contributed by atoms with E-state index in [-0.39, 0.29) is 0 Å². The summed E-state index contributed by atoms with van der Waals surface area (Å²) in [6.07, 6.45) is 3.68. The highest BCUT2D eigenvalue weighted by Crippen LogP contribution is 2.62. The van der Waals surface area contributed by atoms with Crippen molar-refractivity contribution in [3.8, 4) is 0 Å². The van der Waals surface area contributed by atoms with Gasteiger partial charge in [0.15, 0.2) is 0 Å². The first kappa shape index (κ1) is 7.80. The van der Waals surface area contributed by atoms with E-state index in [2.05, 4.69) is 23.8 Å². The highest BCUT2D eigenvalue weighted by molar-refractivity contribution is 5.21. The summed E-state index contributed by atoms with van der Waals surface area (Å²) < 4.78 is 0. The first-order valence-corrected chi connectivity index (χ1v) is 4.37. The summed E-state index contributed by atoms with van der Waals surface area (Å²) in [5.74, 6) is 2.23. The van der Waals surface area contributed by atoms with Crippen LogP contribution < -0.4 is 5.73 Å². The van der Waals surface area contributed by atoms with Crippen LogP contribution in [0.4, 0.5) is 0 Å². The van der Waals surface area contributed by atoms with Gasteiger partial charge in [-0.15, -0.1) is 0 Å². The Balaban J connectivity index is 2.19. The first-order chi connectivity index (χ1) is 5.68. The Kier molecular flexibility index (Phi) is 1.51. The lowest BCUT2D eigenvalue weighted by molar-refractivity contribution is 0.556. The molecule has 3 nitrogen and oxygen atoms in total. The monoisotopic (exact) mass is 165 g/mol. The fourth-order valence-electron chi connectivity index (χ4n) is 2.17. The van der Waals surface area contributed by atoms with Gasteiger partial charge in [0.25, 0.3) is 0 Å². The quantitative estimate of drug-likeness (QED) is 0.689. The predicted octanol–water partition coefficient (Wildman–Crippen LogP) is 1.11. The van der Waals surface area contributed by atoms with Gasteiger partial charge in [0.05, 0.1) is 0 Å². The molecule has 2 rings (SSSR count). The van der Waals surface area contributed by atoms with E-state index >= 15 is 0 Å². The summed E-state index contributed by atoms with van der Waals surface area (Å²) in [4.78, 5) is 7.41. The Labute approximate surface area is 72.4 Å². The molecule has 1 heterocycles. The number of imidazole rings is 1. The van der Waals surface area contributed by atoms with Crippen molar-refractivity contribution in [1.82, 2.24) is 9.97 Å². The van der Waals surface area contributed by atoms with Gasteiger partial charge in [0, 0.05) is 18.3 Å². The molecule has 1 aromatic heterocycles. The Morgan fingerprint density at radius 1 is 1.67 bits per heavy atom. The molecule has 0 unspecified atom stereocenters. The van der Waals surface area contributed by atoms with E-state index in [1.165, 1.54) is 0 Å². The molecule has 12 heavy (non-hydrogen) atoms. The maximum atomic E-state index is 5.66. The number of aromatic nitrogens is 2. The molecule has 1 aliphatic carbocycles. The predicted molar refractivity (Wildman–Crippen MR) is 47.7 cm³/mol. The van der Waals surface area contributed by atoms with Gasteiger partial charge in [-0.25, -0.2) is 4.98 Å². The van der Waals surface area contributed by atoms with Crippen LogP contribution in [0.25, 0.3) is 0 Å². The van der Waals surface area contributed by atoms with E-state index in [0.29, 0.717) is 17.3 Å². The van der Waals surface area contributed by atoms with E-state index < -0.39 is 0 Å². The second-order valence-electron chi connectivity index (χ2n) is 4.12. The second kappa shape index (κ2) is 2.33. The van der Waals surface area contributed by atoms with E-state index in [0.717, 1.165) is 12.4 Å². The highest BCUT2D eigenvalue weighted by atomic mass is 14.9. The Bertz CT molecular complexity index is 263. The van der Waals surface area contributed by atoms with Crippen LogP contribution in [0.2, 0.25) is 0 Å². The smallest absolute Gasteiger partial charge is 0.110 e. The van der Waals surface area contributed by atoms with E-state index in [4.69, 9.17) is 5.73 Å². The molecular formula is C9H15N3. The van der Waals surface area contributed by atoms with Gasteiger partial charge < -0.3 is 10.7 Å². The van der Waals surface area contributed by atoms with Gasteiger partial charge in [-0.3, -0.25) is 0 Å². The van der Waals surface area contributed by atoms with Crippen molar-refractivity contribution >= 4 is 0 Å². The van der Waals surface area contributed by atoms with Gasteiger partial charge in [0.1, 0.15) is 5.82 Å². The molecule has 66 valence electrons. The van der Waals surface area contributed by atoms with Gasteiger partial charge in [-0.1, -0.05) is 13.8 Å². The molecule has 1 fully saturated rings. The SMILES string of the molecule is CC1(C)[C@@H](CN)[C@@H]1c1ncc[nH]1. The van der Waals surface area contributed by atoms with Crippen LogP contribution in [0.5, 0.6) is 0 Å². The van der Waals surface area contributed by atoms with Gasteiger partial charge in [-0.2, -0.15) is 0 Å². The summed E-state index contributed by atoms with van der Waals surface area (Å²) in [5, 5.41) is 0. The molecule has 3 heteroatoms. The molecule has 0 aromatic carbocycles. The minimum absolute atomic E-state index is 0.340. The van der Waals surface area contributed by atoms with Crippen LogP contribution >= 0.6 is 0 Å². The van der Waals surface area contributed by atoms with Crippen molar-refractivity contribution in [2.75, 3.05) is 6.54 Å². The van der Waals surface area contributed by atoms with E-state index in [1.807, 2.05) is 6.20 Å². The van der Waals surface area contributed by atoms with Crippen LogP contribution in [0.1, 0.15) is 25.6 Å². The minimum atomic E-state index is 0.340. The van der Waals surface area contributed by atoms with Crippen LogP contribution in [-0.4, -0.2) is 16.5 Å². The summed E-state index contributed by atoms with van der Waals surface area (Å²) in [6, 6.07) is 0. The summed E-state index contributed by atoms with van der Waals surface area (Å²) >= 11 is 0. The molecule has 2 atom stereocenters.